The second kappa shape index (κ2) is 3.31. The van der Waals surface area contributed by atoms with Crippen LogP contribution in [0.15, 0.2) is 46.9 Å². The Labute approximate surface area is 76.6 Å². The fourth-order valence-corrected chi connectivity index (χ4v) is 1.19. The van der Waals surface area contributed by atoms with E-state index < -0.39 is 0 Å². The van der Waals surface area contributed by atoms with Crippen molar-refractivity contribution in [1.82, 2.24) is 0 Å². The lowest BCUT2D eigenvalue weighted by Crippen LogP contribution is -1.97. The molecule has 1 aromatic carbocycles. The van der Waals surface area contributed by atoms with E-state index in [4.69, 9.17) is 4.42 Å². The van der Waals surface area contributed by atoms with Crippen LogP contribution in [-0.2, 0) is 0 Å². The van der Waals surface area contributed by atoms with Crippen LogP contribution in [-0.4, -0.2) is 0 Å². The minimum Gasteiger partial charge on any atom is -0.458 e. The lowest BCUT2D eigenvalue weighted by Gasteiger charge is -1.87. The van der Waals surface area contributed by atoms with E-state index in [2.05, 4.69) is 6.58 Å². The van der Waals surface area contributed by atoms with E-state index >= 15 is 0 Å². The summed E-state index contributed by atoms with van der Waals surface area (Å²) in [5.41, 5.74) is 2.68. The minimum absolute atomic E-state index is 0.696. The van der Waals surface area contributed by atoms with Crippen LogP contribution in [0.4, 0.5) is 0 Å². The molecule has 0 fully saturated rings. The van der Waals surface area contributed by atoms with Crippen LogP contribution >= 0.6 is 0 Å². The highest BCUT2D eigenvalue weighted by molar-refractivity contribution is 5.47. The van der Waals surface area contributed by atoms with Gasteiger partial charge in [0.25, 0.3) is 0 Å². The molecule has 1 heterocycles. The SMILES string of the molecule is C=c1ccc(=Cc2ccccc2)o1. The largest absolute Gasteiger partial charge is 0.458 e. The summed E-state index contributed by atoms with van der Waals surface area (Å²) >= 11 is 0. The third kappa shape index (κ3) is 1.88. The molecule has 0 aliphatic rings. The first-order valence-electron chi connectivity index (χ1n) is 4.16. The molecule has 0 aliphatic heterocycles. The number of hydrogen-bond donors (Lipinski definition) is 0. The van der Waals surface area contributed by atoms with Gasteiger partial charge in [0.15, 0.2) is 0 Å². The van der Waals surface area contributed by atoms with Crippen LogP contribution in [0.3, 0.4) is 0 Å². The van der Waals surface area contributed by atoms with Gasteiger partial charge < -0.3 is 4.42 Å². The normalized spacial score (nSPS) is 11.8. The molecule has 64 valence electrons. The molecular weight excluding hydrogens is 160 g/mol. The van der Waals surface area contributed by atoms with E-state index in [0.29, 0.717) is 5.42 Å². The van der Waals surface area contributed by atoms with E-state index in [0.717, 1.165) is 11.0 Å². The molecule has 0 saturated heterocycles. The maximum Gasteiger partial charge on any atom is 0.128 e. The fraction of sp³-hybridized carbons (Fsp3) is 0. The van der Waals surface area contributed by atoms with Crippen LogP contribution < -0.4 is 10.8 Å². The smallest absolute Gasteiger partial charge is 0.128 e. The van der Waals surface area contributed by atoms with Gasteiger partial charge in [-0.2, -0.15) is 0 Å². The monoisotopic (exact) mass is 170 g/mol. The summed E-state index contributed by atoms with van der Waals surface area (Å²) in [4.78, 5) is 0. The van der Waals surface area contributed by atoms with Gasteiger partial charge >= 0.3 is 0 Å². The predicted octanol–water partition coefficient (Wildman–Crippen LogP) is 1.52. The molecule has 0 radical (unpaired) electrons. The molecular formula is C12H10O. The van der Waals surface area contributed by atoms with E-state index in [-0.39, 0.29) is 0 Å². The van der Waals surface area contributed by atoms with E-state index in [1.54, 1.807) is 0 Å². The highest BCUT2D eigenvalue weighted by atomic mass is 16.3. The minimum atomic E-state index is 0.696. The van der Waals surface area contributed by atoms with Gasteiger partial charge in [0.2, 0.25) is 0 Å². The maximum absolute atomic E-state index is 5.32. The Kier molecular flexibility index (Phi) is 2.01. The Hall–Kier alpha value is -1.76. The first-order chi connectivity index (χ1) is 6.34. The first kappa shape index (κ1) is 7.87. The molecule has 2 rings (SSSR count). The molecule has 1 heteroatoms. The zero-order valence-corrected chi connectivity index (χ0v) is 7.23. The average molecular weight is 170 g/mol. The number of rotatable bonds is 1. The third-order valence-corrected chi connectivity index (χ3v) is 1.79. The topological polar surface area (TPSA) is 13.1 Å². The summed E-state index contributed by atoms with van der Waals surface area (Å²) in [6.07, 6.45) is 1.98. The van der Waals surface area contributed by atoms with Crippen molar-refractivity contribution in [2.75, 3.05) is 0 Å². The van der Waals surface area contributed by atoms with Crippen molar-refractivity contribution in [2.45, 2.75) is 0 Å². The lowest BCUT2D eigenvalue weighted by atomic mass is 10.2. The lowest BCUT2D eigenvalue weighted by molar-refractivity contribution is 0.504. The average Bonchev–Trinajstić information content (AvgIpc) is 2.53. The number of furan rings is 1. The maximum atomic E-state index is 5.32. The molecule has 2 aromatic rings. The molecule has 0 N–H and O–H groups in total. The Morgan fingerprint density at radius 2 is 1.77 bits per heavy atom. The molecule has 0 aliphatic carbocycles. The summed E-state index contributed by atoms with van der Waals surface area (Å²) in [6, 6.07) is 13.8. The van der Waals surface area contributed by atoms with E-state index in [1.807, 2.05) is 48.5 Å². The summed E-state index contributed by atoms with van der Waals surface area (Å²) in [7, 11) is 0. The molecule has 0 bridgehead atoms. The Balaban J connectivity index is 2.47. The van der Waals surface area contributed by atoms with Crippen LogP contribution in [0.5, 0.6) is 0 Å². The van der Waals surface area contributed by atoms with E-state index in [1.165, 1.54) is 0 Å². The molecule has 1 nitrogen and oxygen atoms in total. The first-order valence-corrected chi connectivity index (χ1v) is 4.16. The van der Waals surface area contributed by atoms with Crippen LogP contribution in [0.2, 0.25) is 0 Å². The standard InChI is InChI=1S/C12H10O/c1-10-7-8-12(13-10)9-11-5-3-2-4-6-11/h2-9H,1H2. The van der Waals surface area contributed by atoms with Gasteiger partial charge in [0.1, 0.15) is 10.8 Å². The van der Waals surface area contributed by atoms with Gasteiger partial charge in [0, 0.05) is 0 Å². The zero-order valence-electron chi connectivity index (χ0n) is 7.23. The van der Waals surface area contributed by atoms with Crippen molar-refractivity contribution in [2.24, 2.45) is 0 Å². The summed E-state index contributed by atoms with van der Waals surface area (Å²) < 4.78 is 5.32. The summed E-state index contributed by atoms with van der Waals surface area (Å²) in [6.45, 7) is 3.70. The Morgan fingerprint density at radius 3 is 2.38 bits per heavy atom. The van der Waals surface area contributed by atoms with Gasteiger partial charge in [-0.3, -0.25) is 0 Å². The van der Waals surface area contributed by atoms with Gasteiger partial charge in [-0.25, -0.2) is 0 Å². The highest BCUT2D eigenvalue weighted by Crippen LogP contribution is 1.97. The van der Waals surface area contributed by atoms with Crippen molar-refractivity contribution < 1.29 is 4.42 Å². The van der Waals surface area contributed by atoms with Crippen LogP contribution in [0.25, 0.3) is 12.7 Å². The Bertz CT molecular complexity index is 479. The molecule has 1 aromatic heterocycles. The Morgan fingerprint density at radius 1 is 1.00 bits per heavy atom. The van der Waals surface area contributed by atoms with Crippen LogP contribution in [0.1, 0.15) is 5.56 Å². The van der Waals surface area contributed by atoms with E-state index in [9.17, 15) is 0 Å². The molecule has 0 saturated carbocycles. The van der Waals surface area contributed by atoms with Crippen molar-refractivity contribution >= 4 is 12.7 Å². The molecule has 0 spiro atoms. The summed E-state index contributed by atoms with van der Waals surface area (Å²) in [5.74, 6) is 0. The van der Waals surface area contributed by atoms with Gasteiger partial charge in [-0.15, -0.1) is 0 Å². The van der Waals surface area contributed by atoms with Gasteiger partial charge in [-0.05, 0) is 23.8 Å². The fourth-order valence-electron chi connectivity index (χ4n) is 1.19. The zero-order chi connectivity index (χ0) is 9.10. The third-order valence-electron chi connectivity index (χ3n) is 1.79. The number of hydrogen-bond acceptors (Lipinski definition) is 1. The second-order valence-corrected chi connectivity index (χ2v) is 2.86. The van der Waals surface area contributed by atoms with Crippen molar-refractivity contribution in [3.63, 3.8) is 0 Å². The molecule has 0 amide bonds. The predicted molar refractivity (Wildman–Crippen MR) is 53.5 cm³/mol. The highest BCUT2D eigenvalue weighted by Gasteiger charge is 1.86. The molecule has 0 atom stereocenters. The summed E-state index contributed by atoms with van der Waals surface area (Å²) in [5, 5.41) is 0. The second-order valence-electron chi connectivity index (χ2n) is 2.86. The van der Waals surface area contributed by atoms with Gasteiger partial charge in [-0.1, -0.05) is 36.9 Å². The number of benzene rings is 1. The molecule has 13 heavy (non-hydrogen) atoms. The van der Waals surface area contributed by atoms with Crippen molar-refractivity contribution in [3.8, 4) is 0 Å². The molecule has 0 unspecified atom stereocenters. The van der Waals surface area contributed by atoms with Crippen molar-refractivity contribution in [1.29, 1.82) is 0 Å². The van der Waals surface area contributed by atoms with Crippen LogP contribution in [0, 0.1) is 0 Å². The van der Waals surface area contributed by atoms with Gasteiger partial charge in [0.05, 0.1) is 0 Å². The quantitative estimate of drug-likeness (QED) is 0.632. The van der Waals surface area contributed by atoms with Crippen molar-refractivity contribution in [3.05, 3.63) is 58.9 Å².